The largest absolute Gasteiger partial charge is 0.481 e. The lowest BCUT2D eigenvalue weighted by atomic mass is 9.78. The summed E-state index contributed by atoms with van der Waals surface area (Å²) in [7, 11) is 0. The van der Waals surface area contributed by atoms with Gasteiger partial charge in [-0.05, 0) is 25.0 Å². The number of rotatable bonds is 2. The van der Waals surface area contributed by atoms with Crippen molar-refractivity contribution in [1.29, 1.82) is 0 Å². The quantitative estimate of drug-likeness (QED) is 0.758. The average molecular weight is 352 g/mol. The van der Waals surface area contributed by atoms with Gasteiger partial charge in [-0.1, -0.05) is 23.7 Å². The lowest BCUT2D eigenvalue weighted by molar-refractivity contribution is -0.144. The van der Waals surface area contributed by atoms with Crippen LogP contribution < -0.4 is 10.6 Å². The second kappa shape index (κ2) is 6.32. The minimum Gasteiger partial charge on any atom is -0.481 e. The summed E-state index contributed by atoms with van der Waals surface area (Å²) >= 11 is 6.03. The predicted octanol–water partition coefficient (Wildman–Crippen LogP) is 1.93. The fourth-order valence-electron chi connectivity index (χ4n) is 3.46. The topological polar surface area (TPSA) is 98.7 Å². The van der Waals surface area contributed by atoms with Crippen molar-refractivity contribution >= 4 is 35.2 Å². The molecule has 0 saturated carbocycles. The fourth-order valence-corrected chi connectivity index (χ4v) is 3.64. The summed E-state index contributed by atoms with van der Waals surface area (Å²) in [6.07, 6.45) is 0.846. The summed E-state index contributed by atoms with van der Waals surface area (Å²) in [5.41, 5.74) is -0.216. The van der Waals surface area contributed by atoms with Gasteiger partial charge in [-0.3, -0.25) is 9.59 Å². The first-order valence-electron chi connectivity index (χ1n) is 7.75. The molecule has 0 aromatic heterocycles. The molecule has 3 amide bonds. The minimum atomic E-state index is -0.970. The van der Waals surface area contributed by atoms with Crippen LogP contribution in [0, 0.1) is 5.92 Å². The molecular formula is C16H18ClN3O4. The predicted molar refractivity (Wildman–Crippen MR) is 87.9 cm³/mol. The molecule has 0 unspecified atom stereocenters. The van der Waals surface area contributed by atoms with Crippen molar-refractivity contribution in [3.63, 3.8) is 0 Å². The van der Waals surface area contributed by atoms with E-state index in [1.54, 1.807) is 29.2 Å². The van der Waals surface area contributed by atoms with E-state index in [4.69, 9.17) is 11.6 Å². The number of urea groups is 1. The van der Waals surface area contributed by atoms with E-state index in [0.717, 1.165) is 0 Å². The number of hydrogen-bond acceptors (Lipinski definition) is 3. The van der Waals surface area contributed by atoms with Crippen LogP contribution in [-0.2, 0) is 9.59 Å². The first-order valence-corrected chi connectivity index (χ1v) is 8.13. The number of nitrogens with one attached hydrogen (secondary N) is 2. The molecule has 0 aliphatic carbocycles. The van der Waals surface area contributed by atoms with Crippen LogP contribution in [-0.4, -0.2) is 46.5 Å². The Labute approximate surface area is 144 Å². The molecule has 0 radical (unpaired) electrons. The van der Waals surface area contributed by atoms with Crippen LogP contribution in [0.4, 0.5) is 10.5 Å². The normalized spacial score (nSPS) is 22.3. The lowest BCUT2D eigenvalue weighted by Gasteiger charge is -2.41. The zero-order chi connectivity index (χ0) is 17.3. The summed E-state index contributed by atoms with van der Waals surface area (Å²) in [5, 5.41) is 15.4. The molecule has 3 rings (SSSR count). The third-order valence-corrected chi connectivity index (χ3v) is 5.13. The third-order valence-electron chi connectivity index (χ3n) is 4.80. The molecule has 1 aromatic rings. The Kier molecular flexibility index (Phi) is 4.36. The Bertz CT molecular complexity index is 686. The number of carboxylic acid groups (broad SMARTS) is 1. The van der Waals surface area contributed by atoms with E-state index in [9.17, 15) is 19.5 Å². The van der Waals surface area contributed by atoms with Crippen molar-refractivity contribution in [3.8, 4) is 0 Å². The Morgan fingerprint density at radius 3 is 2.58 bits per heavy atom. The van der Waals surface area contributed by atoms with Crippen LogP contribution in [0.5, 0.6) is 0 Å². The smallest absolute Gasteiger partial charge is 0.321 e. The van der Waals surface area contributed by atoms with E-state index < -0.39 is 17.4 Å². The highest BCUT2D eigenvalue weighted by atomic mass is 35.5. The van der Waals surface area contributed by atoms with E-state index in [0.29, 0.717) is 36.6 Å². The maximum absolute atomic E-state index is 12.4. The van der Waals surface area contributed by atoms with Crippen LogP contribution in [0.3, 0.4) is 0 Å². The van der Waals surface area contributed by atoms with E-state index in [2.05, 4.69) is 10.6 Å². The number of carbonyl (C=O) groups excluding carboxylic acids is 2. The first kappa shape index (κ1) is 16.6. The van der Waals surface area contributed by atoms with Gasteiger partial charge < -0.3 is 20.6 Å². The van der Waals surface area contributed by atoms with Crippen molar-refractivity contribution in [1.82, 2.24) is 10.2 Å². The molecule has 1 spiro atoms. The molecule has 2 fully saturated rings. The van der Waals surface area contributed by atoms with Crippen molar-refractivity contribution in [2.75, 3.05) is 18.4 Å². The number of aliphatic carboxylic acids is 1. The number of nitrogens with zero attached hydrogens (tertiary/aromatic N) is 1. The highest BCUT2D eigenvalue weighted by molar-refractivity contribution is 6.33. The van der Waals surface area contributed by atoms with Crippen LogP contribution in [0.15, 0.2) is 24.3 Å². The number of anilines is 1. The number of hydrogen-bond donors (Lipinski definition) is 3. The van der Waals surface area contributed by atoms with Gasteiger partial charge in [-0.15, -0.1) is 0 Å². The second-order valence-electron chi connectivity index (χ2n) is 6.20. The zero-order valence-electron chi connectivity index (χ0n) is 12.9. The third kappa shape index (κ3) is 3.03. The number of carboxylic acids is 1. The van der Waals surface area contributed by atoms with Gasteiger partial charge in [0.15, 0.2) is 0 Å². The summed E-state index contributed by atoms with van der Waals surface area (Å²) in [4.78, 5) is 37.0. The Hall–Kier alpha value is -2.28. The summed E-state index contributed by atoms with van der Waals surface area (Å²) in [6.45, 7) is 0.751. The standard InChI is InChI=1S/C16H18ClN3O4/c17-11-3-1-2-4-12(11)18-15(24)20-7-5-16(6-8-20)10(14(22)23)9-13(21)19-16/h1-4,10H,5-9H2,(H,18,24)(H,19,21)(H,22,23)/t10-/m0/s1. The highest BCUT2D eigenvalue weighted by Gasteiger charge is 2.52. The molecule has 7 nitrogen and oxygen atoms in total. The molecule has 24 heavy (non-hydrogen) atoms. The second-order valence-corrected chi connectivity index (χ2v) is 6.60. The molecule has 1 atom stereocenters. The molecule has 8 heteroatoms. The van der Waals surface area contributed by atoms with Gasteiger partial charge in [0.05, 0.1) is 22.2 Å². The minimum absolute atomic E-state index is 0.00114. The van der Waals surface area contributed by atoms with Crippen LogP contribution in [0.2, 0.25) is 5.02 Å². The summed E-state index contributed by atoms with van der Waals surface area (Å²) in [5.74, 6) is -1.95. The zero-order valence-corrected chi connectivity index (χ0v) is 13.7. The molecule has 2 heterocycles. The maximum Gasteiger partial charge on any atom is 0.321 e. The van der Waals surface area contributed by atoms with Crippen molar-refractivity contribution in [3.05, 3.63) is 29.3 Å². The molecule has 1 aromatic carbocycles. The Morgan fingerprint density at radius 2 is 1.96 bits per heavy atom. The molecule has 3 N–H and O–H groups in total. The summed E-state index contributed by atoms with van der Waals surface area (Å²) < 4.78 is 0. The van der Waals surface area contributed by atoms with Gasteiger partial charge in [-0.25, -0.2) is 4.79 Å². The summed E-state index contributed by atoms with van der Waals surface area (Å²) in [6, 6.07) is 6.67. The monoisotopic (exact) mass is 351 g/mol. The van der Waals surface area contributed by atoms with Crippen LogP contribution >= 0.6 is 11.6 Å². The van der Waals surface area contributed by atoms with Crippen molar-refractivity contribution < 1.29 is 19.5 Å². The lowest BCUT2D eigenvalue weighted by Crippen LogP contribution is -2.57. The van der Waals surface area contributed by atoms with Gasteiger partial charge >= 0.3 is 12.0 Å². The average Bonchev–Trinajstić information content (AvgIpc) is 2.86. The van der Waals surface area contributed by atoms with Gasteiger partial charge in [0.2, 0.25) is 5.91 Å². The molecule has 0 bridgehead atoms. The molecule has 2 saturated heterocycles. The maximum atomic E-state index is 12.4. The van der Waals surface area contributed by atoms with Gasteiger partial charge in [0.1, 0.15) is 0 Å². The molecule has 128 valence electrons. The number of likely N-dealkylation sites (tertiary alicyclic amines) is 1. The number of carbonyl (C=O) groups is 3. The van der Waals surface area contributed by atoms with Crippen LogP contribution in [0.25, 0.3) is 0 Å². The van der Waals surface area contributed by atoms with Crippen molar-refractivity contribution in [2.24, 2.45) is 5.92 Å². The van der Waals surface area contributed by atoms with Crippen molar-refractivity contribution in [2.45, 2.75) is 24.8 Å². The van der Waals surface area contributed by atoms with E-state index in [1.807, 2.05) is 0 Å². The van der Waals surface area contributed by atoms with E-state index >= 15 is 0 Å². The van der Waals surface area contributed by atoms with Gasteiger partial charge in [-0.2, -0.15) is 0 Å². The molecular weight excluding hydrogens is 334 g/mol. The van der Waals surface area contributed by atoms with Gasteiger partial charge in [0, 0.05) is 19.5 Å². The molecule has 2 aliphatic rings. The van der Waals surface area contributed by atoms with Crippen LogP contribution in [0.1, 0.15) is 19.3 Å². The van der Waals surface area contributed by atoms with E-state index in [1.165, 1.54) is 0 Å². The highest BCUT2D eigenvalue weighted by Crippen LogP contribution is 2.37. The number of benzene rings is 1. The SMILES string of the molecule is O=C1C[C@@H](C(=O)O)C2(CCN(C(=O)Nc3ccccc3Cl)CC2)N1. The Balaban J connectivity index is 1.64. The Morgan fingerprint density at radius 1 is 1.29 bits per heavy atom. The fraction of sp³-hybridized carbons (Fsp3) is 0.438. The molecule has 2 aliphatic heterocycles. The van der Waals surface area contributed by atoms with E-state index in [-0.39, 0.29) is 18.4 Å². The number of amides is 3. The number of para-hydroxylation sites is 1. The number of piperidine rings is 1. The number of halogens is 1. The van der Waals surface area contributed by atoms with Gasteiger partial charge in [0.25, 0.3) is 0 Å². The first-order chi connectivity index (χ1) is 11.4.